The molecule has 8 atom stereocenters. The van der Waals surface area contributed by atoms with Gasteiger partial charge in [-0.2, -0.15) is 5.06 Å². The van der Waals surface area contributed by atoms with Gasteiger partial charge in [0.25, 0.3) is 5.91 Å². The molecule has 59 heavy (non-hydrogen) atoms. The number of ether oxygens (including phenoxy) is 1. The molecule has 4 aromatic carbocycles. The highest BCUT2D eigenvalue weighted by Gasteiger charge is 2.57. The predicted molar refractivity (Wildman–Crippen MR) is 232 cm³/mol. The molecule has 4 aromatic rings. The van der Waals surface area contributed by atoms with Gasteiger partial charge in [0.05, 0.1) is 26.4 Å². The zero-order chi connectivity index (χ0) is 42.0. The van der Waals surface area contributed by atoms with Gasteiger partial charge in [-0.05, 0) is 90.7 Å². The lowest BCUT2D eigenvalue weighted by molar-refractivity contribution is -0.183. The second kappa shape index (κ2) is 17.9. The number of aliphatic hydroxyl groups is 2. The summed E-state index contributed by atoms with van der Waals surface area (Å²) in [6.45, 7) is 8.39. The SMILES string of the molecule is COc1c(CN2O[C@@H](CO)[C@@H]([C@H](C)O)[C@H]2C(=O)N[C@H]2C[C@H]3C[C@H]([C@@H]2C)C3(C)C)cccc1-c1cc(C(=O)NC(Cc2ccccc2)Cc2ccccc2)cc(N(C)C)c1. The number of carbonyl (C=O) groups excluding carboxylic acids is 2. The summed E-state index contributed by atoms with van der Waals surface area (Å²) in [4.78, 5) is 36.9. The Balaban J connectivity index is 1.17. The molecule has 4 N–H and O–H groups in total. The fourth-order valence-corrected chi connectivity index (χ4v) is 10.2. The van der Waals surface area contributed by atoms with Crippen molar-refractivity contribution in [1.82, 2.24) is 15.7 Å². The van der Waals surface area contributed by atoms with Crippen LogP contribution >= 0.6 is 0 Å². The molecule has 1 saturated heterocycles. The van der Waals surface area contributed by atoms with Crippen LogP contribution in [0.1, 0.15) is 67.6 Å². The number of hydroxylamine groups is 2. The van der Waals surface area contributed by atoms with E-state index in [0.717, 1.165) is 39.9 Å². The molecule has 10 nitrogen and oxygen atoms in total. The highest BCUT2D eigenvalue weighted by Crippen LogP contribution is 2.61. The summed E-state index contributed by atoms with van der Waals surface area (Å²) in [5.41, 5.74) is 6.27. The average molecular weight is 803 g/mol. The third-order valence-electron chi connectivity index (χ3n) is 13.7. The first-order valence-corrected chi connectivity index (χ1v) is 21.2. The number of rotatable bonds is 15. The summed E-state index contributed by atoms with van der Waals surface area (Å²) in [7, 11) is 5.52. The lowest BCUT2D eigenvalue weighted by Crippen LogP contribution is -2.62. The number of fused-ring (bicyclic) bond motifs is 2. The van der Waals surface area contributed by atoms with Gasteiger partial charge in [0.1, 0.15) is 17.9 Å². The van der Waals surface area contributed by atoms with E-state index >= 15 is 0 Å². The van der Waals surface area contributed by atoms with Gasteiger partial charge >= 0.3 is 0 Å². The lowest BCUT2D eigenvalue weighted by Gasteiger charge is -2.62. The van der Waals surface area contributed by atoms with Gasteiger partial charge < -0.3 is 30.5 Å². The Labute approximate surface area is 349 Å². The number of nitrogens with zero attached hydrogens (tertiary/aromatic N) is 2. The van der Waals surface area contributed by atoms with Gasteiger partial charge in [0.2, 0.25) is 5.91 Å². The first kappa shape index (κ1) is 42.4. The molecule has 0 radical (unpaired) electrons. The summed E-state index contributed by atoms with van der Waals surface area (Å²) in [6, 6.07) is 31.1. The number of benzene rings is 4. The summed E-state index contributed by atoms with van der Waals surface area (Å²) in [5.74, 6) is 0.997. The number of para-hydroxylation sites is 1. The standard InChI is InChI=1S/C49H62N4O6/c1-30-41-26-37(49(41,3)4)27-42(30)51-48(57)45-44(31(2)55)43(29-54)59-53(45)28-34-19-14-20-40(46(34)58-7)35-23-36(25-39(24-35)52(5)6)47(56)50-38(21-32-15-10-8-11-16-32)22-33-17-12-9-13-18-33/h8-20,23-25,30-31,37-38,41-45,54-55H,21-22,26-29H2,1-7H3,(H,50,56)(H,51,57)/t30-,31-,37+,41+,42-,43-,44+,45-/m0/s1. The van der Waals surface area contributed by atoms with E-state index in [-0.39, 0.29) is 42.5 Å². The maximum absolute atomic E-state index is 14.3. The van der Waals surface area contributed by atoms with Crippen LogP contribution in [0, 0.1) is 29.1 Å². The van der Waals surface area contributed by atoms with Crippen LogP contribution in [0.4, 0.5) is 5.69 Å². The Bertz CT molecular complexity index is 2030. The first-order chi connectivity index (χ1) is 28.3. The average Bonchev–Trinajstić information content (AvgIpc) is 3.60. The first-order valence-electron chi connectivity index (χ1n) is 21.2. The Morgan fingerprint density at radius 2 is 1.61 bits per heavy atom. The van der Waals surface area contributed by atoms with E-state index in [1.165, 1.54) is 6.42 Å². The number of hydrogen-bond acceptors (Lipinski definition) is 8. The number of carbonyl (C=O) groups is 2. The largest absolute Gasteiger partial charge is 0.496 e. The van der Waals surface area contributed by atoms with E-state index < -0.39 is 24.2 Å². The molecule has 1 heterocycles. The third kappa shape index (κ3) is 8.92. The molecule has 0 aromatic heterocycles. The van der Waals surface area contributed by atoms with Crippen LogP contribution in [0.5, 0.6) is 5.75 Å². The highest BCUT2D eigenvalue weighted by atomic mass is 16.7. The molecule has 0 unspecified atom stereocenters. The molecule has 8 rings (SSSR count). The Kier molecular flexibility index (Phi) is 12.8. The van der Waals surface area contributed by atoms with Crippen molar-refractivity contribution in [3.8, 4) is 16.9 Å². The zero-order valence-corrected chi connectivity index (χ0v) is 35.6. The van der Waals surface area contributed by atoms with Gasteiger partial charge in [0, 0.05) is 54.5 Å². The van der Waals surface area contributed by atoms with Crippen molar-refractivity contribution >= 4 is 17.5 Å². The van der Waals surface area contributed by atoms with E-state index in [1.54, 1.807) is 19.1 Å². The summed E-state index contributed by atoms with van der Waals surface area (Å²) < 4.78 is 6.14. The minimum absolute atomic E-state index is 0.0316. The van der Waals surface area contributed by atoms with Crippen molar-refractivity contribution < 1.29 is 29.4 Å². The van der Waals surface area contributed by atoms with Gasteiger partial charge in [-0.15, -0.1) is 0 Å². The summed E-state index contributed by atoms with van der Waals surface area (Å²) in [5, 5.41) is 29.8. The Morgan fingerprint density at radius 3 is 2.17 bits per heavy atom. The Morgan fingerprint density at radius 1 is 0.949 bits per heavy atom. The van der Waals surface area contributed by atoms with Crippen LogP contribution in [-0.2, 0) is 29.0 Å². The molecule has 3 saturated carbocycles. The highest BCUT2D eigenvalue weighted by molar-refractivity contribution is 5.97. The van der Waals surface area contributed by atoms with Crippen LogP contribution in [0.15, 0.2) is 97.1 Å². The smallest absolute Gasteiger partial charge is 0.251 e. The quantitative estimate of drug-likeness (QED) is 0.105. The van der Waals surface area contributed by atoms with Crippen LogP contribution in [0.3, 0.4) is 0 Å². The van der Waals surface area contributed by atoms with Crippen LogP contribution in [0.2, 0.25) is 0 Å². The second-order valence-corrected chi connectivity index (χ2v) is 17.9. The molecule has 2 amide bonds. The fourth-order valence-electron chi connectivity index (χ4n) is 10.2. The van der Waals surface area contributed by atoms with Gasteiger partial charge in [-0.25, -0.2) is 0 Å². The number of anilines is 1. The van der Waals surface area contributed by atoms with E-state index in [1.807, 2.05) is 91.8 Å². The van der Waals surface area contributed by atoms with E-state index in [2.05, 4.69) is 55.7 Å². The topological polar surface area (TPSA) is 124 Å². The number of aliphatic hydroxyl groups excluding tert-OH is 2. The minimum atomic E-state index is -0.907. The van der Waals surface area contributed by atoms with Gasteiger partial charge in [0.15, 0.2) is 0 Å². The molecule has 2 bridgehead atoms. The lowest BCUT2D eigenvalue weighted by atomic mass is 9.45. The second-order valence-electron chi connectivity index (χ2n) is 17.9. The van der Waals surface area contributed by atoms with Crippen molar-refractivity contribution in [2.45, 2.75) is 90.3 Å². The molecule has 3 aliphatic carbocycles. The Hall–Kier alpha value is -4.74. The van der Waals surface area contributed by atoms with Crippen molar-refractivity contribution in [3.63, 3.8) is 0 Å². The number of methoxy groups -OCH3 is 1. The van der Waals surface area contributed by atoms with Crippen LogP contribution in [-0.4, -0.2) is 85.2 Å². The minimum Gasteiger partial charge on any atom is -0.496 e. The van der Waals surface area contributed by atoms with Crippen LogP contribution in [0.25, 0.3) is 11.1 Å². The van der Waals surface area contributed by atoms with Crippen molar-refractivity contribution in [2.75, 3.05) is 32.7 Å². The molecular weight excluding hydrogens is 741 g/mol. The van der Waals surface area contributed by atoms with Crippen molar-refractivity contribution in [1.29, 1.82) is 0 Å². The molecule has 314 valence electrons. The van der Waals surface area contributed by atoms with Gasteiger partial charge in [-0.1, -0.05) is 99.6 Å². The maximum Gasteiger partial charge on any atom is 0.251 e. The molecular formula is C49H62N4O6. The number of nitrogens with one attached hydrogen (secondary N) is 2. The van der Waals surface area contributed by atoms with Crippen molar-refractivity contribution in [2.24, 2.45) is 29.1 Å². The van der Waals surface area contributed by atoms with E-state index in [4.69, 9.17) is 9.57 Å². The summed E-state index contributed by atoms with van der Waals surface area (Å²) in [6.07, 6.45) is 1.82. The zero-order valence-electron chi connectivity index (χ0n) is 35.6. The molecule has 4 fully saturated rings. The monoisotopic (exact) mass is 802 g/mol. The molecule has 1 aliphatic heterocycles. The van der Waals surface area contributed by atoms with E-state index in [9.17, 15) is 19.8 Å². The fraction of sp³-hybridized carbons (Fsp3) is 0.469. The number of amides is 2. The molecule has 10 heteroatoms. The van der Waals surface area contributed by atoms with Crippen molar-refractivity contribution in [3.05, 3.63) is 119 Å². The van der Waals surface area contributed by atoms with Gasteiger partial charge in [-0.3, -0.25) is 14.4 Å². The van der Waals surface area contributed by atoms with Crippen LogP contribution < -0.4 is 20.3 Å². The molecule has 0 spiro atoms. The normalized spacial score (nSPS) is 25.2. The maximum atomic E-state index is 14.3. The summed E-state index contributed by atoms with van der Waals surface area (Å²) >= 11 is 0. The third-order valence-corrected chi connectivity index (χ3v) is 13.7. The number of hydrogen-bond donors (Lipinski definition) is 4. The molecule has 4 aliphatic rings. The van der Waals surface area contributed by atoms with E-state index in [0.29, 0.717) is 41.9 Å². The predicted octanol–water partition coefficient (Wildman–Crippen LogP) is 6.67.